The van der Waals surface area contributed by atoms with Crippen molar-refractivity contribution in [1.82, 2.24) is 4.98 Å². The van der Waals surface area contributed by atoms with E-state index in [4.69, 9.17) is 5.73 Å². The van der Waals surface area contributed by atoms with Gasteiger partial charge in [-0.25, -0.2) is 4.98 Å². The molecule has 0 radical (unpaired) electrons. The Bertz CT molecular complexity index is 415. The molecule has 2 nitrogen and oxygen atoms in total. The molecule has 0 aliphatic rings. The average molecular weight is 224 g/mol. The standard InChI is InChI=1S/C10H12N2S2/c1-6(11)10-9(12-7(2)14-10)8-4-3-5-13-8/h3-6H,11H2,1-2H3. The summed E-state index contributed by atoms with van der Waals surface area (Å²) < 4.78 is 0. The second kappa shape index (κ2) is 3.81. The summed E-state index contributed by atoms with van der Waals surface area (Å²) in [5.74, 6) is 0. The topological polar surface area (TPSA) is 38.9 Å². The summed E-state index contributed by atoms with van der Waals surface area (Å²) in [7, 11) is 0. The van der Waals surface area contributed by atoms with Crippen molar-refractivity contribution in [3.63, 3.8) is 0 Å². The summed E-state index contributed by atoms with van der Waals surface area (Å²) in [6.07, 6.45) is 0. The number of thiophene rings is 1. The molecular weight excluding hydrogens is 212 g/mol. The van der Waals surface area contributed by atoms with E-state index >= 15 is 0 Å². The van der Waals surface area contributed by atoms with Gasteiger partial charge >= 0.3 is 0 Å². The molecule has 0 amide bonds. The molecule has 1 atom stereocenters. The Balaban J connectivity index is 2.52. The highest BCUT2D eigenvalue weighted by atomic mass is 32.1. The van der Waals surface area contributed by atoms with Crippen LogP contribution >= 0.6 is 22.7 Å². The van der Waals surface area contributed by atoms with Crippen molar-refractivity contribution in [3.8, 4) is 10.6 Å². The smallest absolute Gasteiger partial charge is 0.0962 e. The molecule has 0 saturated heterocycles. The maximum absolute atomic E-state index is 5.91. The third-order valence-electron chi connectivity index (χ3n) is 1.93. The zero-order chi connectivity index (χ0) is 10.1. The third kappa shape index (κ3) is 1.73. The fraction of sp³-hybridized carbons (Fsp3) is 0.300. The Morgan fingerprint density at radius 3 is 2.86 bits per heavy atom. The Morgan fingerprint density at radius 1 is 1.50 bits per heavy atom. The van der Waals surface area contributed by atoms with Crippen molar-refractivity contribution in [1.29, 1.82) is 0 Å². The first-order valence-electron chi connectivity index (χ1n) is 4.45. The lowest BCUT2D eigenvalue weighted by atomic mass is 10.2. The quantitative estimate of drug-likeness (QED) is 0.850. The van der Waals surface area contributed by atoms with Gasteiger partial charge in [-0.05, 0) is 25.3 Å². The second-order valence-electron chi connectivity index (χ2n) is 3.21. The van der Waals surface area contributed by atoms with Crippen LogP contribution < -0.4 is 5.73 Å². The normalized spacial score (nSPS) is 13.1. The summed E-state index contributed by atoms with van der Waals surface area (Å²) in [5.41, 5.74) is 6.98. The molecule has 74 valence electrons. The van der Waals surface area contributed by atoms with Gasteiger partial charge in [0.25, 0.3) is 0 Å². The number of thiazole rings is 1. The maximum Gasteiger partial charge on any atom is 0.0962 e. The van der Waals surface area contributed by atoms with Crippen molar-refractivity contribution in [2.24, 2.45) is 5.73 Å². The minimum atomic E-state index is 0.0679. The predicted molar refractivity (Wildman–Crippen MR) is 62.8 cm³/mol. The number of hydrogen-bond acceptors (Lipinski definition) is 4. The number of nitrogens with zero attached hydrogens (tertiary/aromatic N) is 1. The summed E-state index contributed by atoms with van der Waals surface area (Å²) in [5, 5.41) is 3.15. The maximum atomic E-state index is 5.91. The van der Waals surface area contributed by atoms with Gasteiger partial charge in [0, 0.05) is 10.9 Å². The lowest BCUT2D eigenvalue weighted by molar-refractivity contribution is 0.838. The van der Waals surface area contributed by atoms with Crippen molar-refractivity contribution in [2.75, 3.05) is 0 Å². The summed E-state index contributed by atoms with van der Waals surface area (Å²) >= 11 is 3.40. The molecule has 0 fully saturated rings. The van der Waals surface area contributed by atoms with Crippen LogP contribution in [0.15, 0.2) is 17.5 Å². The third-order valence-corrected chi connectivity index (χ3v) is 3.98. The van der Waals surface area contributed by atoms with Gasteiger partial charge in [-0.1, -0.05) is 6.07 Å². The van der Waals surface area contributed by atoms with E-state index in [1.54, 1.807) is 22.7 Å². The Morgan fingerprint density at radius 2 is 2.29 bits per heavy atom. The molecule has 14 heavy (non-hydrogen) atoms. The number of rotatable bonds is 2. The van der Waals surface area contributed by atoms with Gasteiger partial charge < -0.3 is 5.73 Å². The van der Waals surface area contributed by atoms with Gasteiger partial charge in [-0.3, -0.25) is 0 Å². The zero-order valence-corrected chi connectivity index (χ0v) is 9.78. The fourth-order valence-electron chi connectivity index (χ4n) is 1.34. The van der Waals surface area contributed by atoms with Crippen LogP contribution in [0.5, 0.6) is 0 Å². The molecule has 2 N–H and O–H groups in total. The van der Waals surface area contributed by atoms with Crippen molar-refractivity contribution in [2.45, 2.75) is 19.9 Å². The van der Waals surface area contributed by atoms with E-state index in [1.165, 1.54) is 9.75 Å². The molecule has 0 spiro atoms. The van der Waals surface area contributed by atoms with Crippen LogP contribution in [0.25, 0.3) is 10.6 Å². The van der Waals surface area contributed by atoms with E-state index in [9.17, 15) is 0 Å². The van der Waals surface area contributed by atoms with Crippen LogP contribution in [0.3, 0.4) is 0 Å². The first-order valence-corrected chi connectivity index (χ1v) is 6.15. The molecule has 0 aliphatic carbocycles. The van der Waals surface area contributed by atoms with E-state index < -0.39 is 0 Å². The molecular formula is C10H12N2S2. The van der Waals surface area contributed by atoms with Crippen LogP contribution in [0.4, 0.5) is 0 Å². The van der Waals surface area contributed by atoms with Crippen LogP contribution in [-0.2, 0) is 0 Å². The van der Waals surface area contributed by atoms with E-state index in [-0.39, 0.29) is 6.04 Å². The Hall–Kier alpha value is -0.710. The summed E-state index contributed by atoms with van der Waals surface area (Å²) in [4.78, 5) is 6.92. The number of hydrogen-bond donors (Lipinski definition) is 1. The minimum absolute atomic E-state index is 0.0679. The van der Waals surface area contributed by atoms with Gasteiger partial charge in [-0.2, -0.15) is 0 Å². The molecule has 0 bridgehead atoms. The molecule has 2 aromatic rings. The first kappa shape index (κ1) is 9.83. The fourth-order valence-corrected chi connectivity index (χ4v) is 3.03. The molecule has 4 heteroatoms. The van der Waals surface area contributed by atoms with Crippen LogP contribution in [0.2, 0.25) is 0 Å². The molecule has 2 rings (SSSR count). The predicted octanol–water partition coefficient (Wildman–Crippen LogP) is 3.20. The van der Waals surface area contributed by atoms with E-state index in [0.717, 1.165) is 10.7 Å². The van der Waals surface area contributed by atoms with Gasteiger partial charge in [0.05, 0.1) is 15.6 Å². The van der Waals surface area contributed by atoms with Crippen LogP contribution in [0.1, 0.15) is 22.9 Å². The second-order valence-corrected chi connectivity index (χ2v) is 5.39. The number of aryl methyl sites for hydroxylation is 1. The largest absolute Gasteiger partial charge is 0.323 e. The monoisotopic (exact) mass is 224 g/mol. The van der Waals surface area contributed by atoms with Gasteiger partial charge in [0.2, 0.25) is 0 Å². The molecule has 2 aromatic heterocycles. The Labute approximate surface area is 91.4 Å². The molecule has 0 aliphatic heterocycles. The van der Waals surface area contributed by atoms with E-state index in [0.29, 0.717) is 0 Å². The summed E-state index contributed by atoms with van der Waals surface area (Å²) in [6.45, 7) is 4.03. The average Bonchev–Trinajstić information content (AvgIpc) is 2.70. The first-order chi connectivity index (χ1) is 6.68. The van der Waals surface area contributed by atoms with Gasteiger partial charge in [0.1, 0.15) is 0 Å². The minimum Gasteiger partial charge on any atom is -0.323 e. The highest BCUT2D eigenvalue weighted by Gasteiger charge is 2.14. The molecule has 0 saturated carbocycles. The van der Waals surface area contributed by atoms with E-state index in [2.05, 4.69) is 16.4 Å². The van der Waals surface area contributed by atoms with Crippen molar-refractivity contribution >= 4 is 22.7 Å². The lowest BCUT2D eigenvalue weighted by Gasteiger charge is -2.02. The van der Waals surface area contributed by atoms with Gasteiger partial charge in [0.15, 0.2) is 0 Å². The Kier molecular flexibility index (Phi) is 2.67. The summed E-state index contributed by atoms with van der Waals surface area (Å²) in [6, 6.07) is 4.20. The van der Waals surface area contributed by atoms with E-state index in [1.807, 2.05) is 19.9 Å². The molecule has 2 heterocycles. The lowest BCUT2D eigenvalue weighted by Crippen LogP contribution is -2.03. The number of aromatic nitrogens is 1. The van der Waals surface area contributed by atoms with Gasteiger partial charge in [-0.15, -0.1) is 22.7 Å². The number of nitrogens with two attached hydrogens (primary N) is 1. The van der Waals surface area contributed by atoms with Crippen LogP contribution in [-0.4, -0.2) is 4.98 Å². The van der Waals surface area contributed by atoms with Crippen molar-refractivity contribution in [3.05, 3.63) is 27.4 Å². The molecule has 1 unspecified atom stereocenters. The highest BCUT2D eigenvalue weighted by molar-refractivity contribution is 7.15. The molecule has 0 aromatic carbocycles. The SMILES string of the molecule is Cc1nc(-c2cccs2)c(C(C)N)s1. The van der Waals surface area contributed by atoms with Crippen LogP contribution in [0, 0.1) is 6.92 Å². The van der Waals surface area contributed by atoms with Crippen molar-refractivity contribution < 1.29 is 0 Å². The highest BCUT2D eigenvalue weighted by Crippen LogP contribution is 2.33. The zero-order valence-electron chi connectivity index (χ0n) is 8.15.